The van der Waals surface area contributed by atoms with Gasteiger partial charge in [-0.2, -0.15) is 0 Å². The summed E-state index contributed by atoms with van der Waals surface area (Å²) in [4.78, 5) is 46.8. The molecule has 11 heteroatoms. The molecule has 0 aliphatic heterocycles. The maximum Gasteiger partial charge on any atom is 0.330 e. The van der Waals surface area contributed by atoms with Gasteiger partial charge in [0.25, 0.3) is 0 Å². The molecule has 0 bridgehead atoms. The van der Waals surface area contributed by atoms with E-state index >= 15 is 0 Å². The molecule has 162 valence electrons. The van der Waals surface area contributed by atoms with Gasteiger partial charge < -0.3 is 38.1 Å². The van der Waals surface area contributed by atoms with Crippen molar-refractivity contribution in [3.05, 3.63) is 0 Å². The molecular weight excluding hydrogens is 370 g/mol. The van der Waals surface area contributed by atoms with Crippen LogP contribution in [-0.2, 0) is 28.7 Å². The fourth-order valence-electron chi connectivity index (χ4n) is 2.13. The number of nitrogens with two attached hydrogens (primary N) is 5. The van der Waals surface area contributed by atoms with Gasteiger partial charge in [0.1, 0.15) is 18.1 Å². The van der Waals surface area contributed by atoms with E-state index < -0.39 is 42.0 Å². The van der Waals surface area contributed by atoms with E-state index in [2.05, 4.69) is 9.47 Å². The van der Waals surface area contributed by atoms with Gasteiger partial charge in [-0.25, -0.2) is 14.4 Å². The molecule has 0 aromatic heterocycles. The second-order valence-electron chi connectivity index (χ2n) is 6.46. The zero-order valence-corrected chi connectivity index (χ0v) is 16.1. The maximum absolute atomic E-state index is 11.8. The summed E-state index contributed by atoms with van der Waals surface area (Å²) in [7, 11) is 0. The van der Waals surface area contributed by atoms with Crippen LogP contribution >= 0.6 is 0 Å². The maximum atomic E-state index is 11.8. The van der Waals surface area contributed by atoms with E-state index in [0.717, 1.165) is 0 Å². The van der Waals surface area contributed by atoms with Crippen LogP contribution in [0.5, 0.6) is 0 Å². The highest BCUT2D eigenvalue weighted by Crippen LogP contribution is 2.05. The molecule has 0 aromatic carbocycles. The van der Waals surface area contributed by atoms with Crippen molar-refractivity contribution in [3.8, 4) is 0 Å². The molecule has 0 amide bonds. The first kappa shape index (κ1) is 26.1. The number of hydrogen-bond donors (Lipinski definition) is 5. The van der Waals surface area contributed by atoms with Crippen molar-refractivity contribution in [1.82, 2.24) is 0 Å². The van der Waals surface area contributed by atoms with Crippen LogP contribution in [0.1, 0.15) is 51.4 Å². The molecule has 0 saturated carbocycles. The highest BCUT2D eigenvalue weighted by Gasteiger charge is 2.25. The molecule has 11 nitrogen and oxygen atoms in total. The molecule has 0 spiro atoms. The lowest BCUT2D eigenvalue weighted by atomic mass is 10.1. The average Bonchev–Trinajstić information content (AvgIpc) is 2.65. The van der Waals surface area contributed by atoms with E-state index in [1.54, 1.807) is 0 Å². The Bertz CT molecular complexity index is 516. The van der Waals surface area contributed by atoms with E-state index in [1.165, 1.54) is 0 Å². The quantitative estimate of drug-likeness (QED) is 0.123. The van der Waals surface area contributed by atoms with Crippen LogP contribution in [0.25, 0.3) is 0 Å². The van der Waals surface area contributed by atoms with Crippen molar-refractivity contribution >= 4 is 23.9 Å². The molecule has 0 heterocycles. The second-order valence-corrected chi connectivity index (χ2v) is 6.46. The number of unbranched alkanes of at least 4 members (excludes halogenated alkanes) is 2. The monoisotopic (exact) mass is 403 g/mol. The third-order valence-corrected chi connectivity index (χ3v) is 3.92. The number of carbonyl (C=O) groups excluding carboxylic acids is 4. The van der Waals surface area contributed by atoms with E-state index in [0.29, 0.717) is 51.6 Å². The normalized spacial score (nSPS) is 14.0. The average molecular weight is 403 g/mol. The van der Waals surface area contributed by atoms with Crippen molar-refractivity contribution in [2.24, 2.45) is 28.7 Å². The molecule has 0 aliphatic carbocycles. The topological polar surface area (TPSA) is 217 Å². The summed E-state index contributed by atoms with van der Waals surface area (Å²) in [5.74, 6) is -3.61. The van der Waals surface area contributed by atoms with E-state index in [4.69, 9.17) is 28.7 Å². The van der Waals surface area contributed by atoms with Crippen LogP contribution in [-0.4, -0.2) is 55.1 Å². The molecule has 0 saturated heterocycles. The number of hydrogen-bond acceptors (Lipinski definition) is 11. The molecule has 0 unspecified atom stereocenters. The smallest absolute Gasteiger partial charge is 0.330 e. The predicted octanol–water partition coefficient (Wildman–Crippen LogP) is -1.85. The summed E-state index contributed by atoms with van der Waals surface area (Å²) in [5, 5.41) is 0. The highest BCUT2D eigenvalue weighted by molar-refractivity contribution is 5.91. The second kappa shape index (κ2) is 15.1. The molecule has 0 rings (SSSR count). The van der Waals surface area contributed by atoms with Gasteiger partial charge in [0, 0.05) is 6.42 Å². The van der Waals surface area contributed by atoms with Crippen molar-refractivity contribution < 1.29 is 28.7 Å². The molecule has 0 radical (unpaired) electrons. The molecule has 28 heavy (non-hydrogen) atoms. The number of esters is 4. The van der Waals surface area contributed by atoms with Gasteiger partial charge >= 0.3 is 23.9 Å². The Morgan fingerprint density at radius 2 is 1.00 bits per heavy atom. The third kappa shape index (κ3) is 11.7. The van der Waals surface area contributed by atoms with Crippen molar-refractivity contribution in [2.75, 3.05) is 13.1 Å². The molecule has 0 aliphatic rings. The lowest BCUT2D eigenvalue weighted by molar-refractivity contribution is -0.161. The van der Waals surface area contributed by atoms with Crippen molar-refractivity contribution in [3.63, 3.8) is 0 Å². The van der Waals surface area contributed by atoms with Crippen molar-refractivity contribution in [1.29, 1.82) is 0 Å². The zero-order valence-electron chi connectivity index (χ0n) is 16.1. The Morgan fingerprint density at radius 1 is 0.607 bits per heavy atom. The first-order valence-electron chi connectivity index (χ1n) is 9.39. The first-order chi connectivity index (χ1) is 13.2. The number of carbonyl (C=O) groups is 4. The number of ether oxygens (including phenoxy) is 2. The standard InChI is InChI=1S/C17H33N5O6/c18-9-3-1-5-11(20)15(24)27-14(23)8-7-13(22)17(26)28-16(25)12(21)6-2-4-10-19/h11-13H,1-10,18-22H2/t11-,12-,13-/m0/s1. The minimum absolute atomic E-state index is 0.164. The minimum Gasteiger partial charge on any atom is -0.392 e. The fraction of sp³-hybridized carbons (Fsp3) is 0.765. The molecule has 0 aromatic rings. The van der Waals surface area contributed by atoms with Crippen LogP contribution < -0.4 is 28.7 Å². The van der Waals surface area contributed by atoms with E-state index in [1.807, 2.05) is 0 Å². The largest absolute Gasteiger partial charge is 0.392 e. The lowest BCUT2D eigenvalue weighted by Crippen LogP contribution is -2.40. The van der Waals surface area contributed by atoms with E-state index in [9.17, 15) is 19.2 Å². The summed E-state index contributed by atoms with van der Waals surface area (Å²) >= 11 is 0. The summed E-state index contributed by atoms with van der Waals surface area (Å²) < 4.78 is 9.21. The van der Waals surface area contributed by atoms with Gasteiger partial charge in [-0.15, -0.1) is 0 Å². The van der Waals surface area contributed by atoms with Crippen LogP contribution in [0.15, 0.2) is 0 Å². The predicted molar refractivity (Wildman–Crippen MR) is 101 cm³/mol. The summed E-state index contributed by atoms with van der Waals surface area (Å²) in [6.07, 6.45) is 2.88. The molecule has 10 N–H and O–H groups in total. The Kier molecular flexibility index (Phi) is 14.0. The Hall–Kier alpha value is -1.92. The van der Waals surface area contributed by atoms with Gasteiger partial charge in [-0.3, -0.25) is 4.79 Å². The van der Waals surface area contributed by atoms with Gasteiger partial charge in [-0.1, -0.05) is 12.8 Å². The van der Waals surface area contributed by atoms with Gasteiger partial charge in [0.05, 0.1) is 0 Å². The van der Waals surface area contributed by atoms with Crippen LogP contribution in [0.3, 0.4) is 0 Å². The van der Waals surface area contributed by atoms with Gasteiger partial charge in [0.2, 0.25) is 0 Å². The first-order valence-corrected chi connectivity index (χ1v) is 9.39. The van der Waals surface area contributed by atoms with Gasteiger partial charge in [0.15, 0.2) is 0 Å². The minimum atomic E-state index is -1.24. The van der Waals surface area contributed by atoms with Gasteiger partial charge in [-0.05, 0) is 45.2 Å². The summed E-state index contributed by atoms with van der Waals surface area (Å²) in [6, 6.07) is -3.11. The lowest BCUT2D eigenvalue weighted by Gasteiger charge is -2.13. The Balaban J connectivity index is 4.18. The third-order valence-electron chi connectivity index (χ3n) is 3.92. The van der Waals surface area contributed by atoms with Crippen LogP contribution in [0.2, 0.25) is 0 Å². The van der Waals surface area contributed by atoms with E-state index in [-0.39, 0.29) is 12.8 Å². The summed E-state index contributed by atoms with van der Waals surface area (Å²) in [5.41, 5.74) is 27.5. The molecular formula is C17H33N5O6. The number of rotatable bonds is 14. The Labute approximate surface area is 164 Å². The van der Waals surface area contributed by atoms with Crippen LogP contribution in [0.4, 0.5) is 0 Å². The van der Waals surface area contributed by atoms with Crippen molar-refractivity contribution in [2.45, 2.75) is 69.5 Å². The van der Waals surface area contributed by atoms with Crippen LogP contribution in [0, 0.1) is 0 Å². The fourth-order valence-corrected chi connectivity index (χ4v) is 2.13. The molecule has 3 atom stereocenters. The SMILES string of the molecule is NCCCC[C@H](N)C(=O)OC(=O)CC[C@H](N)C(=O)OC(=O)[C@@H](N)CCCCN. The zero-order chi connectivity index (χ0) is 21.5. The Morgan fingerprint density at radius 3 is 1.43 bits per heavy atom. The highest BCUT2D eigenvalue weighted by atomic mass is 16.6. The molecule has 0 fully saturated rings. The summed E-state index contributed by atoms with van der Waals surface area (Å²) in [6.45, 7) is 0.957.